The minimum Gasteiger partial charge on any atom is -0.452 e. The Balaban J connectivity index is 1.88. The lowest BCUT2D eigenvalue weighted by Gasteiger charge is -2.07. The average Bonchev–Trinajstić information content (AvgIpc) is 2.48. The third-order valence-electron chi connectivity index (χ3n) is 2.56. The molecule has 1 amide bonds. The van der Waals surface area contributed by atoms with Crippen LogP contribution in [0.3, 0.4) is 0 Å². The van der Waals surface area contributed by atoms with E-state index in [0.717, 1.165) is 6.07 Å². The molecule has 0 heterocycles. The summed E-state index contributed by atoms with van der Waals surface area (Å²) in [5.74, 6) is -2.69. The van der Waals surface area contributed by atoms with E-state index in [9.17, 15) is 18.4 Å². The van der Waals surface area contributed by atoms with Crippen LogP contribution >= 0.6 is 0 Å². The van der Waals surface area contributed by atoms with Gasteiger partial charge in [-0.1, -0.05) is 12.1 Å². The van der Waals surface area contributed by atoms with Crippen LogP contribution in [0.2, 0.25) is 0 Å². The van der Waals surface area contributed by atoms with Crippen molar-refractivity contribution in [1.82, 2.24) is 0 Å². The molecule has 2 rings (SSSR count). The number of carbonyl (C=O) groups is 2. The van der Waals surface area contributed by atoms with Crippen molar-refractivity contribution in [3.05, 3.63) is 65.7 Å². The number of nitrogens with one attached hydrogen (secondary N) is 1. The number of hydrogen-bond donors (Lipinski definition) is 1. The zero-order valence-corrected chi connectivity index (χ0v) is 10.8. The molecule has 0 aliphatic carbocycles. The first-order valence-electron chi connectivity index (χ1n) is 6.03. The van der Waals surface area contributed by atoms with Gasteiger partial charge in [0.15, 0.2) is 6.61 Å². The lowest BCUT2D eigenvalue weighted by Crippen LogP contribution is -2.21. The normalized spacial score (nSPS) is 10.0. The lowest BCUT2D eigenvalue weighted by molar-refractivity contribution is -0.119. The number of amides is 1. The highest BCUT2D eigenvalue weighted by molar-refractivity contribution is 5.95. The Labute approximate surface area is 119 Å². The molecular weight excluding hydrogens is 280 g/mol. The predicted octanol–water partition coefficient (Wildman–Crippen LogP) is 2.76. The summed E-state index contributed by atoms with van der Waals surface area (Å²) in [6, 6.07) is 10.4. The summed E-state index contributed by atoms with van der Waals surface area (Å²) < 4.78 is 30.7. The third-order valence-corrected chi connectivity index (χ3v) is 2.56. The minimum atomic E-state index is -0.928. The number of hydrogen-bond acceptors (Lipinski definition) is 3. The zero-order valence-electron chi connectivity index (χ0n) is 10.8. The van der Waals surface area contributed by atoms with Gasteiger partial charge in [0.05, 0.1) is 5.56 Å². The molecule has 2 aromatic rings. The monoisotopic (exact) mass is 291 g/mol. The highest BCUT2D eigenvalue weighted by Gasteiger charge is 2.14. The molecule has 0 saturated carbocycles. The van der Waals surface area contributed by atoms with Crippen LogP contribution in [0, 0.1) is 11.6 Å². The van der Waals surface area contributed by atoms with Crippen molar-refractivity contribution in [1.29, 1.82) is 0 Å². The minimum absolute atomic E-state index is 0.243. The van der Waals surface area contributed by atoms with Gasteiger partial charge in [-0.15, -0.1) is 0 Å². The van der Waals surface area contributed by atoms with Crippen LogP contribution in [0.1, 0.15) is 10.4 Å². The maximum absolute atomic E-state index is 13.3. The van der Waals surface area contributed by atoms with Gasteiger partial charge >= 0.3 is 5.97 Å². The van der Waals surface area contributed by atoms with Crippen molar-refractivity contribution in [3.8, 4) is 0 Å². The van der Waals surface area contributed by atoms with Gasteiger partial charge in [-0.25, -0.2) is 13.6 Å². The van der Waals surface area contributed by atoms with Crippen molar-refractivity contribution in [2.45, 2.75) is 0 Å². The molecule has 0 atom stereocenters. The molecule has 4 nitrogen and oxygen atoms in total. The summed E-state index contributed by atoms with van der Waals surface area (Å²) in [5.41, 5.74) is 0.121. The summed E-state index contributed by atoms with van der Waals surface area (Å²) in [4.78, 5) is 23.1. The van der Waals surface area contributed by atoms with E-state index in [0.29, 0.717) is 5.69 Å². The van der Waals surface area contributed by atoms with Gasteiger partial charge in [-0.2, -0.15) is 0 Å². The average molecular weight is 291 g/mol. The number of rotatable bonds is 4. The number of anilines is 1. The Morgan fingerprint density at radius 2 is 1.67 bits per heavy atom. The summed E-state index contributed by atoms with van der Waals surface area (Å²) >= 11 is 0. The van der Waals surface area contributed by atoms with Gasteiger partial charge in [0.1, 0.15) is 11.6 Å². The number of esters is 1. The summed E-state index contributed by atoms with van der Waals surface area (Å²) in [7, 11) is 0. The fraction of sp³-hybridized carbons (Fsp3) is 0.0667. The van der Waals surface area contributed by atoms with Crippen molar-refractivity contribution < 1.29 is 23.1 Å². The molecule has 0 aliphatic rings. The molecule has 0 spiro atoms. The lowest BCUT2D eigenvalue weighted by atomic mass is 10.2. The molecule has 21 heavy (non-hydrogen) atoms. The second kappa shape index (κ2) is 6.60. The molecule has 0 aliphatic heterocycles. The van der Waals surface area contributed by atoms with Gasteiger partial charge in [0, 0.05) is 5.69 Å². The third kappa shape index (κ3) is 4.10. The van der Waals surface area contributed by atoms with E-state index < -0.39 is 30.1 Å². The molecule has 2 aromatic carbocycles. The predicted molar refractivity (Wildman–Crippen MR) is 71.7 cm³/mol. The van der Waals surface area contributed by atoms with Crippen molar-refractivity contribution >= 4 is 17.6 Å². The van der Waals surface area contributed by atoms with Crippen LogP contribution in [0.4, 0.5) is 14.5 Å². The van der Waals surface area contributed by atoms with Crippen LogP contribution in [0.15, 0.2) is 48.5 Å². The SMILES string of the molecule is O=C(COC(=O)c1ccccc1F)Nc1ccc(F)cc1. The Kier molecular flexibility index (Phi) is 4.61. The highest BCUT2D eigenvalue weighted by Crippen LogP contribution is 2.09. The summed E-state index contributed by atoms with van der Waals surface area (Å²) in [6.07, 6.45) is 0. The molecule has 1 N–H and O–H groups in total. The van der Waals surface area contributed by atoms with Crippen LogP contribution < -0.4 is 5.32 Å². The second-order valence-corrected chi connectivity index (χ2v) is 4.11. The molecule has 0 radical (unpaired) electrons. The van der Waals surface area contributed by atoms with E-state index in [-0.39, 0.29) is 5.56 Å². The first-order chi connectivity index (χ1) is 10.1. The van der Waals surface area contributed by atoms with Gasteiger partial charge in [0.25, 0.3) is 5.91 Å². The van der Waals surface area contributed by atoms with Gasteiger partial charge < -0.3 is 10.1 Å². The first kappa shape index (κ1) is 14.6. The number of carbonyl (C=O) groups excluding carboxylic acids is 2. The molecule has 108 valence electrons. The van der Waals surface area contributed by atoms with E-state index in [1.165, 1.54) is 42.5 Å². The molecule has 0 saturated heterocycles. The molecule has 0 unspecified atom stereocenters. The summed E-state index contributed by atoms with van der Waals surface area (Å²) in [6.45, 7) is -0.565. The maximum atomic E-state index is 13.3. The van der Waals surface area contributed by atoms with Crippen LogP contribution in [0.5, 0.6) is 0 Å². The molecule has 6 heteroatoms. The Bertz CT molecular complexity index is 656. The molecule has 0 bridgehead atoms. The van der Waals surface area contributed by atoms with Crippen LogP contribution in [-0.4, -0.2) is 18.5 Å². The fourth-order valence-corrected chi connectivity index (χ4v) is 1.57. The van der Waals surface area contributed by atoms with Gasteiger partial charge in [-0.05, 0) is 36.4 Å². The number of ether oxygens (including phenoxy) is 1. The largest absolute Gasteiger partial charge is 0.452 e. The number of halogens is 2. The van der Waals surface area contributed by atoms with Crippen molar-refractivity contribution in [2.24, 2.45) is 0 Å². The van der Waals surface area contributed by atoms with Crippen LogP contribution in [-0.2, 0) is 9.53 Å². The second-order valence-electron chi connectivity index (χ2n) is 4.11. The molecule has 0 fully saturated rings. The standard InChI is InChI=1S/C15H11F2NO3/c16-10-5-7-11(8-6-10)18-14(19)9-21-15(20)12-3-1-2-4-13(12)17/h1-8H,9H2,(H,18,19). The Hall–Kier alpha value is -2.76. The molecular formula is C15H11F2NO3. The van der Waals surface area contributed by atoms with Gasteiger partial charge in [-0.3, -0.25) is 4.79 Å². The smallest absolute Gasteiger partial charge is 0.341 e. The maximum Gasteiger partial charge on any atom is 0.341 e. The Morgan fingerprint density at radius 1 is 1.00 bits per heavy atom. The topological polar surface area (TPSA) is 55.4 Å². The number of benzene rings is 2. The quantitative estimate of drug-likeness (QED) is 0.881. The molecule has 0 aromatic heterocycles. The van der Waals surface area contributed by atoms with Crippen molar-refractivity contribution in [3.63, 3.8) is 0 Å². The first-order valence-corrected chi connectivity index (χ1v) is 6.03. The Morgan fingerprint density at radius 3 is 2.33 bits per heavy atom. The van der Waals surface area contributed by atoms with E-state index in [2.05, 4.69) is 5.32 Å². The zero-order chi connectivity index (χ0) is 15.2. The summed E-state index contributed by atoms with van der Waals surface area (Å²) in [5, 5.41) is 2.41. The van der Waals surface area contributed by atoms with Gasteiger partial charge in [0.2, 0.25) is 0 Å². The van der Waals surface area contributed by atoms with Crippen LogP contribution in [0.25, 0.3) is 0 Å². The highest BCUT2D eigenvalue weighted by atomic mass is 19.1. The van der Waals surface area contributed by atoms with E-state index in [4.69, 9.17) is 4.74 Å². The van der Waals surface area contributed by atoms with E-state index in [1.807, 2.05) is 0 Å². The van der Waals surface area contributed by atoms with Crippen molar-refractivity contribution in [2.75, 3.05) is 11.9 Å². The van der Waals surface area contributed by atoms with E-state index in [1.54, 1.807) is 0 Å². The van der Waals surface area contributed by atoms with E-state index >= 15 is 0 Å². The fourth-order valence-electron chi connectivity index (χ4n) is 1.57.